The number of hydrogen-bond donors (Lipinski definition) is 1. The van der Waals surface area contributed by atoms with Crippen LogP contribution in [0.2, 0.25) is 5.02 Å². The fraction of sp³-hybridized carbons (Fsp3) is 0.214. The maximum atomic E-state index is 6.06. The highest BCUT2D eigenvalue weighted by atomic mass is 35.5. The first-order chi connectivity index (χ1) is 15.0. The van der Waals surface area contributed by atoms with Crippen LogP contribution in [0.25, 0.3) is 16.6 Å². The average molecular weight is 429 g/mol. The van der Waals surface area contributed by atoms with Gasteiger partial charge in [-0.15, -0.1) is 0 Å². The van der Waals surface area contributed by atoms with E-state index in [4.69, 9.17) is 11.6 Å². The molecule has 4 rings (SSSR count). The van der Waals surface area contributed by atoms with Gasteiger partial charge in [-0.3, -0.25) is 0 Å². The Morgan fingerprint density at radius 1 is 1.00 bits per heavy atom. The quantitative estimate of drug-likeness (QED) is 0.319. The maximum Gasteiger partial charge on any atom is 0.0511 e. The Kier molecular flexibility index (Phi) is 6.20. The molecule has 0 bridgehead atoms. The Balaban J connectivity index is 1.63. The van der Waals surface area contributed by atoms with Gasteiger partial charge in [-0.2, -0.15) is 0 Å². The van der Waals surface area contributed by atoms with Crippen molar-refractivity contribution in [2.24, 2.45) is 0 Å². The van der Waals surface area contributed by atoms with Gasteiger partial charge in [0.05, 0.1) is 6.04 Å². The van der Waals surface area contributed by atoms with E-state index in [9.17, 15) is 0 Å². The molecule has 0 radical (unpaired) electrons. The van der Waals surface area contributed by atoms with E-state index in [-0.39, 0.29) is 6.04 Å². The Labute approximate surface area is 190 Å². The van der Waals surface area contributed by atoms with Gasteiger partial charge in [0.25, 0.3) is 0 Å². The summed E-state index contributed by atoms with van der Waals surface area (Å²) in [6.07, 6.45) is 1.00. The summed E-state index contributed by atoms with van der Waals surface area (Å²) in [4.78, 5) is 0. The van der Waals surface area contributed by atoms with Gasteiger partial charge in [-0.1, -0.05) is 73.6 Å². The number of aromatic nitrogens is 1. The first kappa shape index (κ1) is 21.3. The molecule has 0 spiro atoms. The van der Waals surface area contributed by atoms with E-state index in [1.165, 1.54) is 33.3 Å². The molecule has 0 amide bonds. The predicted molar refractivity (Wildman–Crippen MR) is 134 cm³/mol. The Morgan fingerprint density at radius 2 is 1.71 bits per heavy atom. The summed E-state index contributed by atoms with van der Waals surface area (Å²) in [5.74, 6) is 0. The summed E-state index contributed by atoms with van der Waals surface area (Å²) in [7, 11) is 0. The minimum atomic E-state index is 0.252. The van der Waals surface area contributed by atoms with Crippen LogP contribution in [0.4, 0.5) is 0 Å². The molecule has 0 saturated heterocycles. The summed E-state index contributed by atoms with van der Waals surface area (Å²) in [5, 5.41) is 5.68. The summed E-state index contributed by atoms with van der Waals surface area (Å²) < 4.78 is 2.38. The zero-order chi connectivity index (χ0) is 22.0. The van der Waals surface area contributed by atoms with E-state index in [1.54, 1.807) is 0 Å². The molecule has 0 aliphatic rings. The standard InChI is InChI=1S/C28H29ClN2/c1-5-27(23-9-7-6-8-10-23)30-20(3)24-13-16-28-26(17-24)19(2)21(4)31(28)18-22-11-14-25(29)15-12-22/h6-17,27,30H,3,5,18H2,1-2,4H3. The zero-order valence-corrected chi connectivity index (χ0v) is 19.2. The van der Waals surface area contributed by atoms with Gasteiger partial charge in [-0.05, 0) is 66.8 Å². The number of rotatable bonds is 7. The highest BCUT2D eigenvalue weighted by Crippen LogP contribution is 2.30. The van der Waals surface area contributed by atoms with E-state index in [0.717, 1.165) is 29.2 Å². The minimum Gasteiger partial charge on any atom is -0.378 e. The van der Waals surface area contributed by atoms with Gasteiger partial charge in [-0.25, -0.2) is 0 Å². The molecule has 158 valence electrons. The van der Waals surface area contributed by atoms with E-state index >= 15 is 0 Å². The van der Waals surface area contributed by atoms with Gasteiger partial charge in [0, 0.05) is 33.9 Å². The Morgan fingerprint density at radius 3 is 2.39 bits per heavy atom. The van der Waals surface area contributed by atoms with Crippen LogP contribution in [0, 0.1) is 13.8 Å². The molecule has 4 aromatic rings. The molecule has 0 saturated carbocycles. The molecule has 1 atom stereocenters. The third kappa shape index (κ3) is 4.40. The largest absolute Gasteiger partial charge is 0.378 e. The Hall–Kier alpha value is -2.97. The second-order valence-electron chi connectivity index (χ2n) is 8.15. The molecule has 1 heterocycles. The molecule has 1 N–H and O–H groups in total. The Bertz CT molecular complexity index is 1200. The van der Waals surface area contributed by atoms with E-state index < -0.39 is 0 Å². The van der Waals surface area contributed by atoms with Crippen molar-refractivity contribution in [3.05, 3.63) is 112 Å². The molecule has 1 unspecified atom stereocenters. The SMILES string of the molecule is C=C(NC(CC)c1ccccc1)c1ccc2c(c1)c(C)c(C)n2Cc1ccc(Cl)cc1. The van der Waals surface area contributed by atoms with Crippen molar-refractivity contribution in [1.82, 2.24) is 9.88 Å². The lowest BCUT2D eigenvalue weighted by atomic mass is 10.0. The van der Waals surface area contributed by atoms with Crippen LogP contribution in [-0.2, 0) is 6.54 Å². The molecular formula is C28H29ClN2. The van der Waals surface area contributed by atoms with Gasteiger partial charge in [0.1, 0.15) is 0 Å². The molecule has 0 fully saturated rings. The van der Waals surface area contributed by atoms with Crippen molar-refractivity contribution in [2.75, 3.05) is 0 Å². The summed E-state index contributed by atoms with van der Waals surface area (Å²) >= 11 is 6.06. The van der Waals surface area contributed by atoms with Gasteiger partial charge in [0.2, 0.25) is 0 Å². The second-order valence-corrected chi connectivity index (χ2v) is 8.59. The fourth-order valence-corrected chi connectivity index (χ4v) is 4.34. The summed E-state index contributed by atoms with van der Waals surface area (Å²) in [6, 6.07) is 25.6. The topological polar surface area (TPSA) is 17.0 Å². The number of halogens is 1. The molecule has 3 heteroatoms. The normalized spacial score (nSPS) is 12.1. The number of aryl methyl sites for hydroxylation is 1. The van der Waals surface area contributed by atoms with E-state index in [2.05, 4.69) is 97.9 Å². The van der Waals surface area contributed by atoms with E-state index in [0.29, 0.717) is 0 Å². The van der Waals surface area contributed by atoms with E-state index in [1.807, 2.05) is 12.1 Å². The highest BCUT2D eigenvalue weighted by molar-refractivity contribution is 6.30. The van der Waals surface area contributed by atoms with Crippen LogP contribution in [0.1, 0.15) is 47.3 Å². The average Bonchev–Trinajstić information content (AvgIpc) is 3.03. The third-order valence-electron chi connectivity index (χ3n) is 6.20. The fourth-order valence-electron chi connectivity index (χ4n) is 4.21. The van der Waals surface area contributed by atoms with Gasteiger partial charge < -0.3 is 9.88 Å². The maximum absolute atomic E-state index is 6.06. The summed E-state index contributed by atoms with van der Waals surface area (Å²) in [5.41, 5.74) is 8.47. The van der Waals surface area contributed by atoms with Crippen LogP contribution in [0.5, 0.6) is 0 Å². The number of benzene rings is 3. The lowest BCUT2D eigenvalue weighted by Gasteiger charge is -2.20. The smallest absolute Gasteiger partial charge is 0.0511 e. The van der Waals surface area contributed by atoms with Crippen LogP contribution in [-0.4, -0.2) is 4.57 Å². The number of fused-ring (bicyclic) bond motifs is 1. The molecule has 0 aliphatic carbocycles. The lowest BCUT2D eigenvalue weighted by molar-refractivity contribution is 0.614. The van der Waals surface area contributed by atoms with Crippen molar-refractivity contribution in [3.8, 4) is 0 Å². The molecular weight excluding hydrogens is 400 g/mol. The predicted octanol–water partition coefficient (Wildman–Crippen LogP) is 7.67. The van der Waals surface area contributed by atoms with Crippen molar-refractivity contribution in [2.45, 2.75) is 39.8 Å². The van der Waals surface area contributed by atoms with Crippen LogP contribution in [0.3, 0.4) is 0 Å². The van der Waals surface area contributed by atoms with Crippen molar-refractivity contribution in [1.29, 1.82) is 0 Å². The van der Waals surface area contributed by atoms with Crippen LogP contribution >= 0.6 is 11.6 Å². The van der Waals surface area contributed by atoms with Crippen LogP contribution < -0.4 is 5.32 Å². The van der Waals surface area contributed by atoms with Crippen LogP contribution in [0.15, 0.2) is 79.4 Å². The zero-order valence-electron chi connectivity index (χ0n) is 18.5. The van der Waals surface area contributed by atoms with Gasteiger partial charge >= 0.3 is 0 Å². The molecule has 0 aliphatic heterocycles. The third-order valence-corrected chi connectivity index (χ3v) is 6.45. The lowest BCUT2D eigenvalue weighted by Crippen LogP contribution is -2.18. The second kappa shape index (κ2) is 9.03. The first-order valence-electron chi connectivity index (χ1n) is 10.8. The molecule has 31 heavy (non-hydrogen) atoms. The van der Waals surface area contributed by atoms with Crippen molar-refractivity contribution in [3.63, 3.8) is 0 Å². The molecule has 3 aromatic carbocycles. The number of hydrogen-bond acceptors (Lipinski definition) is 1. The molecule has 2 nitrogen and oxygen atoms in total. The van der Waals surface area contributed by atoms with Crippen molar-refractivity contribution >= 4 is 28.2 Å². The summed E-state index contributed by atoms with van der Waals surface area (Å²) in [6.45, 7) is 11.8. The number of nitrogens with one attached hydrogen (secondary N) is 1. The van der Waals surface area contributed by atoms with Gasteiger partial charge in [0.15, 0.2) is 0 Å². The van der Waals surface area contributed by atoms with Crippen molar-refractivity contribution < 1.29 is 0 Å². The monoisotopic (exact) mass is 428 g/mol. The number of nitrogens with zero attached hydrogens (tertiary/aromatic N) is 1. The minimum absolute atomic E-state index is 0.252. The first-order valence-corrected chi connectivity index (χ1v) is 11.2. The molecule has 1 aromatic heterocycles. The highest BCUT2D eigenvalue weighted by Gasteiger charge is 2.14.